The van der Waals surface area contributed by atoms with Crippen LogP contribution >= 0.6 is 0 Å². The lowest BCUT2D eigenvalue weighted by atomic mass is 9.76. The van der Waals surface area contributed by atoms with Gasteiger partial charge in [0.2, 0.25) is 0 Å². The number of rotatable bonds is 5. The molecule has 3 N–H and O–H groups in total. The van der Waals surface area contributed by atoms with Crippen LogP contribution in [0.25, 0.3) is 0 Å². The third-order valence-corrected chi connectivity index (χ3v) is 3.92. The lowest BCUT2D eigenvalue weighted by Gasteiger charge is -2.34. The molecule has 19 heavy (non-hydrogen) atoms. The van der Waals surface area contributed by atoms with E-state index in [9.17, 15) is 9.59 Å². The van der Waals surface area contributed by atoms with Gasteiger partial charge in [0, 0.05) is 12.1 Å². The number of carbonyl (C=O) groups is 2. The lowest BCUT2D eigenvalue weighted by Crippen LogP contribution is -2.48. The van der Waals surface area contributed by atoms with Gasteiger partial charge in [0.1, 0.15) is 0 Å². The number of carbonyl (C=O) groups excluding carboxylic acids is 1. The smallest absolute Gasteiger partial charge is 0.315 e. The Hall–Kier alpha value is -1.26. The number of hydrogen-bond donors (Lipinski definition) is 3. The average Bonchev–Trinajstić information content (AvgIpc) is 2.30. The van der Waals surface area contributed by atoms with Gasteiger partial charge in [-0.1, -0.05) is 20.8 Å². The highest BCUT2D eigenvalue weighted by molar-refractivity contribution is 5.76. The van der Waals surface area contributed by atoms with E-state index in [-0.39, 0.29) is 24.5 Å². The number of carboxylic acids is 1. The summed E-state index contributed by atoms with van der Waals surface area (Å²) >= 11 is 0. The number of amides is 2. The van der Waals surface area contributed by atoms with Gasteiger partial charge >= 0.3 is 12.0 Å². The van der Waals surface area contributed by atoms with Crippen LogP contribution in [0.2, 0.25) is 0 Å². The highest BCUT2D eigenvalue weighted by atomic mass is 16.4. The van der Waals surface area contributed by atoms with E-state index >= 15 is 0 Å². The van der Waals surface area contributed by atoms with Crippen molar-refractivity contribution in [1.29, 1.82) is 0 Å². The fraction of sp³-hybridized carbons (Fsp3) is 0.857. The van der Waals surface area contributed by atoms with Crippen molar-refractivity contribution >= 4 is 12.0 Å². The molecule has 2 amide bonds. The largest absolute Gasteiger partial charge is 0.481 e. The van der Waals surface area contributed by atoms with Gasteiger partial charge in [-0.2, -0.15) is 0 Å². The van der Waals surface area contributed by atoms with Crippen LogP contribution in [0, 0.1) is 5.41 Å². The predicted molar refractivity (Wildman–Crippen MR) is 74.0 cm³/mol. The van der Waals surface area contributed by atoms with Gasteiger partial charge in [-0.05, 0) is 37.5 Å². The van der Waals surface area contributed by atoms with Crippen molar-refractivity contribution in [3.8, 4) is 0 Å². The molecular weight excluding hydrogens is 244 g/mol. The van der Waals surface area contributed by atoms with Gasteiger partial charge in [0.25, 0.3) is 0 Å². The Morgan fingerprint density at radius 2 is 1.89 bits per heavy atom. The highest BCUT2D eigenvalue weighted by Gasteiger charge is 2.27. The van der Waals surface area contributed by atoms with Crippen LogP contribution in [-0.2, 0) is 4.79 Å². The zero-order valence-corrected chi connectivity index (χ0v) is 12.2. The van der Waals surface area contributed by atoms with Gasteiger partial charge in [-0.15, -0.1) is 0 Å². The van der Waals surface area contributed by atoms with Crippen LogP contribution in [0.3, 0.4) is 0 Å². The van der Waals surface area contributed by atoms with E-state index in [0.717, 1.165) is 25.7 Å². The molecule has 1 atom stereocenters. The van der Waals surface area contributed by atoms with Gasteiger partial charge in [-0.25, -0.2) is 4.79 Å². The highest BCUT2D eigenvalue weighted by Crippen LogP contribution is 2.34. The molecule has 0 saturated heterocycles. The average molecular weight is 270 g/mol. The molecule has 1 aliphatic rings. The summed E-state index contributed by atoms with van der Waals surface area (Å²) in [5.74, 6) is -0.883. The first kappa shape index (κ1) is 15.8. The Kier molecular flexibility index (Phi) is 5.63. The van der Waals surface area contributed by atoms with E-state index in [1.54, 1.807) is 0 Å². The molecule has 0 spiro atoms. The molecule has 0 aromatic carbocycles. The quantitative estimate of drug-likeness (QED) is 0.718. The molecule has 0 aromatic heterocycles. The summed E-state index contributed by atoms with van der Waals surface area (Å²) in [5, 5.41) is 14.4. The molecular formula is C14H26N2O3. The van der Waals surface area contributed by atoms with E-state index in [2.05, 4.69) is 24.5 Å². The minimum atomic E-state index is -0.883. The van der Waals surface area contributed by atoms with E-state index in [1.807, 2.05) is 6.92 Å². The fourth-order valence-corrected chi connectivity index (χ4v) is 2.46. The van der Waals surface area contributed by atoms with Crippen molar-refractivity contribution in [1.82, 2.24) is 10.6 Å². The molecule has 110 valence electrons. The van der Waals surface area contributed by atoms with Crippen molar-refractivity contribution in [3.63, 3.8) is 0 Å². The predicted octanol–water partition coefficient (Wildman–Crippen LogP) is 2.51. The summed E-state index contributed by atoms with van der Waals surface area (Å²) in [4.78, 5) is 22.4. The van der Waals surface area contributed by atoms with Crippen LogP contribution in [0.5, 0.6) is 0 Å². The summed E-state index contributed by atoms with van der Waals surface area (Å²) in [6.07, 6.45) is 4.82. The van der Waals surface area contributed by atoms with Crippen LogP contribution < -0.4 is 10.6 Å². The second-order valence-corrected chi connectivity index (χ2v) is 6.26. The Balaban J connectivity index is 2.33. The first-order chi connectivity index (χ1) is 8.82. The Labute approximate surface area is 115 Å². The van der Waals surface area contributed by atoms with Gasteiger partial charge in [-0.3, -0.25) is 4.79 Å². The molecule has 1 unspecified atom stereocenters. The topological polar surface area (TPSA) is 78.4 Å². The maximum atomic E-state index is 11.8. The maximum absolute atomic E-state index is 11.8. The summed E-state index contributed by atoms with van der Waals surface area (Å²) in [6, 6.07) is -0.314. The van der Waals surface area contributed by atoms with Crippen LogP contribution in [0.1, 0.15) is 59.3 Å². The van der Waals surface area contributed by atoms with Gasteiger partial charge in [0.05, 0.1) is 6.42 Å². The standard InChI is InChI=1S/C14H26N2O3/c1-4-10(9-12(17)18)15-13(19)16-11-5-7-14(2,3)8-6-11/h10-11H,4-9H2,1-3H3,(H,17,18)(H2,15,16,19). The van der Waals surface area contributed by atoms with Crippen molar-refractivity contribution in [2.75, 3.05) is 0 Å². The second-order valence-electron chi connectivity index (χ2n) is 6.26. The number of nitrogens with one attached hydrogen (secondary N) is 2. The van der Waals surface area contributed by atoms with Crippen molar-refractivity contribution in [2.45, 2.75) is 71.4 Å². The first-order valence-electron chi connectivity index (χ1n) is 7.11. The number of hydrogen-bond acceptors (Lipinski definition) is 2. The molecule has 0 bridgehead atoms. The minimum absolute atomic E-state index is 0.0262. The van der Waals surface area contributed by atoms with Crippen LogP contribution in [0.15, 0.2) is 0 Å². The van der Waals surface area contributed by atoms with Crippen LogP contribution in [0.4, 0.5) is 4.79 Å². The molecule has 0 aliphatic heterocycles. The SMILES string of the molecule is CCC(CC(=O)O)NC(=O)NC1CCC(C)(C)CC1. The zero-order valence-electron chi connectivity index (χ0n) is 12.2. The lowest BCUT2D eigenvalue weighted by molar-refractivity contribution is -0.137. The third-order valence-electron chi connectivity index (χ3n) is 3.92. The van der Waals surface area contributed by atoms with Gasteiger partial charge < -0.3 is 15.7 Å². The number of urea groups is 1. The molecule has 5 nitrogen and oxygen atoms in total. The normalized spacial score (nSPS) is 20.6. The molecule has 1 fully saturated rings. The summed E-state index contributed by atoms with van der Waals surface area (Å²) in [5.41, 5.74) is 0.379. The first-order valence-corrected chi connectivity index (χ1v) is 7.11. The second kappa shape index (κ2) is 6.78. The Morgan fingerprint density at radius 3 is 2.37 bits per heavy atom. The number of carboxylic acid groups (broad SMARTS) is 1. The molecule has 1 saturated carbocycles. The van der Waals surface area contributed by atoms with E-state index in [4.69, 9.17) is 5.11 Å². The van der Waals surface area contributed by atoms with E-state index in [1.165, 1.54) is 0 Å². The van der Waals surface area contributed by atoms with E-state index in [0.29, 0.717) is 11.8 Å². The van der Waals surface area contributed by atoms with Crippen molar-refractivity contribution in [3.05, 3.63) is 0 Å². The molecule has 1 rings (SSSR count). The third kappa shape index (κ3) is 5.94. The summed E-state index contributed by atoms with van der Waals surface area (Å²) in [6.45, 7) is 6.38. The minimum Gasteiger partial charge on any atom is -0.481 e. The Morgan fingerprint density at radius 1 is 1.32 bits per heavy atom. The van der Waals surface area contributed by atoms with Gasteiger partial charge in [0.15, 0.2) is 0 Å². The number of aliphatic carboxylic acids is 1. The monoisotopic (exact) mass is 270 g/mol. The van der Waals surface area contributed by atoms with Crippen molar-refractivity contribution < 1.29 is 14.7 Å². The molecule has 5 heteroatoms. The fourth-order valence-electron chi connectivity index (χ4n) is 2.46. The molecule has 1 aliphatic carbocycles. The summed E-state index contributed by atoms with van der Waals surface area (Å²) in [7, 11) is 0. The Bertz CT molecular complexity index is 319. The maximum Gasteiger partial charge on any atom is 0.315 e. The molecule has 0 radical (unpaired) electrons. The summed E-state index contributed by atoms with van der Waals surface area (Å²) < 4.78 is 0. The van der Waals surface area contributed by atoms with Crippen LogP contribution in [-0.4, -0.2) is 29.2 Å². The van der Waals surface area contributed by atoms with E-state index < -0.39 is 5.97 Å². The zero-order chi connectivity index (χ0) is 14.5. The van der Waals surface area contributed by atoms with Crippen molar-refractivity contribution in [2.24, 2.45) is 5.41 Å². The molecule has 0 heterocycles. The molecule has 0 aromatic rings.